The normalized spacial score (nSPS) is 16.6. The summed E-state index contributed by atoms with van der Waals surface area (Å²) in [5.41, 5.74) is 2.10. The number of piperidine rings is 1. The van der Waals surface area contributed by atoms with Crippen LogP contribution < -0.4 is 0 Å². The Morgan fingerprint density at radius 3 is 2.60 bits per heavy atom. The third-order valence-electron chi connectivity index (χ3n) is 5.44. The van der Waals surface area contributed by atoms with Crippen molar-refractivity contribution in [2.75, 3.05) is 12.3 Å². The Morgan fingerprint density at radius 1 is 1.10 bits per heavy atom. The summed E-state index contributed by atoms with van der Waals surface area (Å²) in [6.45, 7) is 2.99. The minimum atomic E-state index is 0.169. The second-order valence-electron chi connectivity index (χ2n) is 7.59. The van der Waals surface area contributed by atoms with E-state index in [1.807, 2.05) is 51.9 Å². The molecule has 156 valence electrons. The quantitative estimate of drug-likeness (QED) is 0.506. The first-order valence-electron chi connectivity index (χ1n) is 10.3. The molecule has 1 amide bonds. The van der Waals surface area contributed by atoms with Crippen LogP contribution in [0, 0.1) is 0 Å². The lowest BCUT2D eigenvalue weighted by molar-refractivity contribution is -0.131. The molecule has 1 aliphatic heterocycles. The van der Waals surface area contributed by atoms with Crippen LogP contribution in [-0.4, -0.2) is 43.9 Å². The molecule has 2 heterocycles. The third kappa shape index (κ3) is 4.87. The summed E-state index contributed by atoms with van der Waals surface area (Å²) in [7, 11) is 0. The fourth-order valence-corrected chi connectivity index (χ4v) is 4.80. The number of likely N-dealkylation sites (tertiary alicyclic amines) is 1. The summed E-state index contributed by atoms with van der Waals surface area (Å²) in [6, 6.07) is 18.1. The van der Waals surface area contributed by atoms with Gasteiger partial charge in [-0.2, -0.15) is 0 Å². The smallest absolute Gasteiger partial charge is 0.233 e. The highest BCUT2D eigenvalue weighted by Gasteiger charge is 2.24. The van der Waals surface area contributed by atoms with Crippen molar-refractivity contribution in [3.63, 3.8) is 0 Å². The highest BCUT2D eigenvalue weighted by Crippen LogP contribution is 2.26. The molecule has 1 saturated heterocycles. The molecule has 0 unspecified atom stereocenters. The lowest BCUT2D eigenvalue weighted by atomic mass is 10.0. The van der Waals surface area contributed by atoms with Crippen LogP contribution in [0.2, 0.25) is 5.02 Å². The van der Waals surface area contributed by atoms with E-state index in [-0.39, 0.29) is 5.91 Å². The number of halogens is 1. The molecule has 0 N–H and O–H groups in total. The summed E-state index contributed by atoms with van der Waals surface area (Å²) >= 11 is 7.54. The standard InChI is InChI=1S/C23H25ClN4OS/c1-17-7-5-6-14-27(17)22(29)16-30-23-26-25-21(15-18-8-3-2-4-9-18)28(23)20-12-10-19(24)11-13-20/h2-4,8-13,17H,5-7,14-16H2,1H3/t17-/m1/s1. The molecule has 0 saturated carbocycles. The fraction of sp³-hybridized carbons (Fsp3) is 0.348. The predicted molar refractivity (Wildman–Crippen MR) is 121 cm³/mol. The van der Waals surface area contributed by atoms with Gasteiger partial charge in [0.1, 0.15) is 5.82 Å². The van der Waals surface area contributed by atoms with Crippen LogP contribution in [0.1, 0.15) is 37.6 Å². The molecule has 0 spiro atoms. The summed E-state index contributed by atoms with van der Waals surface area (Å²) in [5, 5.41) is 10.3. The van der Waals surface area contributed by atoms with Gasteiger partial charge in [-0.15, -0.1) is 10.2 Å². The number of rotatable bonds is 6. The van der Waals surface area contributed by atoms with Gasteiger partial charge in [0.2, 0.25) is 5.91 Å². The molecule has 1 atom stereocenters. The highest BCUT2D eigenvalue weighted by molar-refractivity contribution is 7.99. The molecule has 5 nitrogen and oxygen atoms in total. The topological polar surface area (TPSA) is 51.0 Å². The third-order valence-corrected chi connectivity index (χ3v) is 6.60. The summed E-state index contributed by atoms with van der Waals surface area (Å²) in [4.78, 5) is 14.8. The van der Waals surface area contributed by atoms with Gasteiger partial charge >= 0.3 is 0 Å². The van der Waals surface area contributed by atoms with Gasteiger partial charge in [-0.1, -0.05) is 53.7 Å². The van der Waals surface area contributed by atoms with E-state index in [4.69, 9.17) is 11.6 Å². The van der Waals surface area contributed by atoms with Crippen molar-refractivity contribution in [2.24, 2.45) is 0 Å². The van der Waals surface area contributed by atoms with Gasteiger partial charge in [-0.3, -0.25) is 9.36 Å². The maximum atomic E-state index is 12.8. The maximum Gasteiger partial charge on any atom is 0.233 e. The number of hydrogen-bond acceptors (Lipinski definition) is 4. The monoisotopic (exact) mass is 440 g/mol. The molecule has 2 aromatic carbocycles. The Hall–Kier alpha value is -2.31. The lowest BCUT2D eigenvalue weighted by Crippen LogP contribution is -2.42. The van der Waals surface area contributed by atoms with E-state index >= 15 is 0 Å². The number of carbonyl (C=O) groups is 1. The first-order valence-corrected chi connectivity index (χ1v) is 11.6. The SMILES string of the molecule is C[C@@H]1CCCCN1C(=O)CSc1nnc(Cc2ccccc2)n1-c1ccc(Cl)cc1. The van der Waals surface area contributed by atoms with Crippen LogP contribution in [0.25, 0.3) is 5.69 Å². The van der Waals surface area contributed by atoms with Crippen LogP contribution >= 0.6 is 23.4 Å². The van der Waals surface area contributed by atoms with Crippen LogP contribution in [0.15, 0.2) is 59.8 Å². The van der Waals surface area contributed by atoms with Crippen molar-refractivity contribution in [1.29, 1.82) is 0 Å². The van der Waals surface area contributed by atoms with Gasteiger partial charge in [-0.05, 0) is 56.0 Å². The molecule has 4 rings (SSSR count). The zero-order valence-corrected chi connectivity index (χ0v) is 18.6. The molecule has 1 aliphatic rings. The average molecular weight is 441 g/mol. The molecule has 3 aromatic rings. The molecule has 0 aliphatic carbocycles. The number of hydrogen-bond donors (Lipinski definition) is 0. The first kappa shape index (κ1) is 20.9. The van der Waals surface area contributed by atoms with E-state index < -0.39 is 0 Å². The Morgan fingerprint density at radius 2 is 1.87 bits per heavy atom. The van der Waals surface area contributed by atoms with Crippen molar-refractivity contribution in [2.45, 2.75) is 43.8 Å². The Kier molecular flexibility index (Phi) is 6.75. The molecule has 0 bridgehead atoms. The van der Waals surface area contributed by atoms with E-state index in [2.05, 4.69) is 29.3 Å². The van der Waals surface area contributed by atoms with Gasteiger partial charge in [-0.25, -0.2) is 0 Å². The zero-order chi connectivity index (χ0) is 20.9. The Labute approximate surface area is 186 Å². The van der Waals surface area contributed by atoms with Gasteiger partial charge in [0.05, 0.1) is 5.75 Å². The fourth-order valence-electron chi connectivity index (χ4n) is 3.81. The van der Waals surface area contributed by atoms with Crippen LogP contribution in [-0.2, 0) is 11.2 Å². The minimum absolute atomic E-state index is 0.169. The van der Waals surface area contributed by atoms with E-state index in [1.54, 1.807) is 0 Å². The van der Waals surface area contributed by atoms with E-state index in [1.165, 1.54) is 18.2 Å². The number of carbonyl (C=O) groups excluding carboxylic acids is 1. The second kappa shape index (κ2) is 9.67. The summed E-state index contributed by atoms with van der Waals surface area (Å²) < 4.78 is 2.03. The number of amides is 1. The van der Waals surface area contributed by atoms with Crippen molar-refractivity contribution in [1.82, 2.24) is 19.7 Å². The van der Waals surface area contributed by atoms with Gasteiger partial charge in [0, 0.05) is 29.7 Å². The second-order valence-corrected chi connectivity index (χ2v) is 8.97. The maximum absolute atomic E-state index is 12.8. The minimum Gasteiger partial charge on any atom is -0.339 e. The molecule has 30 heavy (non-hydrogen) atoms. The first-order chi connectivity index (χ1) is 14.6. The number of nitrogens with zero attached hydrogens (tertiary/aromatic N) is 4. The average Bonchev–Trinajstić information content (AvgIpc) is 3.16. The van der Waals surface area contributed by atoms with Crippen LogP contribution in [0.3, 0.4) is 0 Å². The number of aromatic nitrogens is 3. The lowest BCUT2D eigenvalue weighted by Gasteiger charge is -2.33. The molecule has 1 aromatic heterocycles. The van der Waals surface area contributed by atoms with Gasteiger partial charge < -0.3 is 4.90 Å². The van der Waals surface area contributed by atoms with Crippen molar-refractivity contribution < 1.29 is 4.79 Å². The van der Waals surface area contributed by atoms with Crippen LogP contribution in [0.5, 0.6) is 0 Å². The molecule has 0 radical (unpaired) electrons. The summed E-state index contributed by atoms with van der Waals surface area (Å²) in [6.07, 6.45) is 4.03. The summed E-state index contributed by atoms with van der Waals surface area (Å²) in [5.74, 6) is 1.37. The van der Waals surface area contributed by atoms with E-state index in [0.29, 0.717) is 23.2 Å². The van der Waals surface area contributed by atoms with Gasteiger partial charge in [0.25, 0.3) is 0 Å². The Bertz CT molecular complexity index is 990. The molecule has 7 heteroatoms. The zero-order valence-electron chi connectivity index (χ0n) is 17.0. The van der Waals surface area contributed by atoms with Crippen LogP contribution in [0.4, 0.5) is 0 Å². The molecule has 1 fully saturated rings. The number of thioether (sulfide) groups is 1. The van der Waals surface area contributed by atoms with Crippen molar-refractivity contribution in [3.8, 4) is 5.69 Å². The molecular weight excluding hydrogens is 416 g/mol. The predicted octanol–water partition coefficient (Wildman–Crippen LogP) is 5.00. The van der Waals surface area contributed by atoms with Crippen molar-refractivity contribution >= 4 is 29.3 Å². The van der Waals surface area contributed by atoms with Gasteiger partial charge in [0.15, 0.2) is 5.16 Å². The number of benzene rings is 2. The molecular formula is C23H25ClN4OS. The van der Waals surface area contributed by atoms with E-state index in [9.17, 15) is 4.79 Å². The van der Waals surface area contributed by atoms with E-state index in [0.717, 1.165) is 41.6 Å². The van der Waals surface area contributed by atoms with Crippen molar-refractivity contribution in [3.05, 3.63) is 71.0 Å². The highest BCUT2D eigenvalue weighted by atomic mass is 35.5. The Balaban J connectivity index is 1.57. The largest absolute Gasteiger partial charge is 0.339 e.